The molecule has 0 unspecified atom stereocenters. The second-order valence-electron chi connectivity index (χ2n) is 2.47. The number of rotatable bonds is 0. The van der Waals surface area contributed by atoms with Crippen LogP contribution in [0.5, 0.6) is 0 Å². The van der Waals surface area contributed by atoms with Crippen LogP contribution >= 0.6 is 15.9 Å². The fourth-order valence-electron chi connectivity index (χ4n) is 1.12. The van der Waals surface area contributed by atoms with E-state index in [2.05, 4.69) is 25.9 Å². The zero-order valence-corrected chi connectivity index (χ0v) is 7.64. The summed E-state index contributed by atoms with van der Waals surface area (Å²) < 4.78 is 1.11. The van der Waals surface area contributed by atoms with Crippen LogP contribution in [-0.2, 0) is 0 Å². The highest BCUT2D eigenvalue weighted by molar-refractivity contribution is 9.10. The fraction of sp³-hybridized carbons (Fsp3) is 0.125. The average Bonchev–Trinajstić information content (AvgIpc) is 2.45. The van der Waals surface area contributed by atoms with Gasteiger partial charge in [-0.15, -0.1) is 0 Å². The summed E-state index contributed by atoms with van der Waals surface area (Å²) in [5.74, 6) is 0. The molecular weight excluding hydrogens is 204 g/mol. The number of aromatic nitrogens is 2. The monoisotopic (exact) mass is 210 g/mol. The largest absolute Gasteiger partial charge is 0.345 e. The number of hydrogen-bond acceptors (Lipinski definition) is 1. The molecule has 0 fully saturated rings. The van der Waals surface area contributed by atoms with Crippen molar-refractivity contribution in [2.24, 2.45) is 0 Å². The fourth-order valence-corrected chi connectivity index (χ4v) is 1.44. The Balaban J connectivity index is 2.93. The van der Waals surface area contributed by atoms with Crippen molar-refractivity contribution < 1.29 is 0 Å². The van der Waals surface area contributed by atoms with E-state index in [1.807, 2.05) is 19.1 Å². The second kappa shape index (κ2) is 2.34. The smallest absolute Gasteiger partial charge is 0.0932 e. The van der Waals surface area contributed by atoms with Gasteiger partial charge in [0.1, 0.15) is 0 Å². The third-order valence-corrected chi connectivity index (χ3v) is 2.64. The van der Waals surface area contributed by atoms with Crippen LogP contribution < -0.4 is 0 Å². The lowest BCUT2D eigenvalue weighted by Crippen LogP contribution is -1.77. The predicted molar refractivity (Wildman–Crippen MR) is 48.5 cm³/mol. The van der Waals surface area contributed by atoms with Crippen molar-refractivity contribution in [1.29, 1.82) is 0 Å². The Morgan fingerprint density at radius 3 is 3.09 bits per heavy atom. The van der Waals surface area contributed by atoms with Crippen molar-refractivity contribution in [3.05, 3.63) is 28.5 Å². The van der Waals surface area contributed by atoms with Crippen molar-refractivity contribution in [2.45, 2.75) is 6.92 Å². The van der Waals surface area contributed by atoms with Crippen LogP contribution in [0.25, 0.3) is 11.0 Å². The van der Waals surface area contributed by atoms with E-state index in [0.29, 0.717) is 0 Å². The maximum absolute atomic E-state index is 4.19. The van der Waals surface area contributed by atoms with Crippen molar-refractivity contribution >= 4 is 27.0 Å². The van der Waals surface area contributed by atoms with Crippen LogP contribution in [0.2, 0.25) is 0 Å². The van der Waals surface area contributed by atoms with E-state index in [0.717, 1.165) is 15.5 Å². The molecule has 0 bridgehead atoms. The van der Waals surface area contributed by atoms with Gasteiger partial charge in [-0.2, -0.15) is 0 Å². The molecule has 0 aliphatic rings. The molecule has 1 heterocycles. The first kappa shape index (κ1) is 6.85. The molecule has 0 amide bonds. The summed E-state index contributed by atoms with van der Waals surface area (Å²) in [6.07, 6.45) is 1.71. The molecule has 0 radical (unpaired) electrons. The minimum atomic E-state index is 1.04. The first-order chi connectivity index (χ1) is 5.29. The second-order valence-corrected chi connectivity index (χ2v) is 3.33. The van der Waals surface area contributed by atoms with Gasteiger partial charge in [0.2, 0.25) is 0 Å². The van der Waals surface area contributed by atoms with E-state index < -0.39 is 0 Å². The van der Waals surface area contributed by atoms with Gasteiger partial charge in [-0.1, -0.05) is 15.9 Å². The number of halogens is 1. The normalized spacial score (nSPS) is 10.7. The predicted octanol–water partition coefficient (Wildman–Crippen LogP) is 2.63. The van der Waals surface area contributed by atoms with Crippen LogP contribution in [0.4, 0.5) is 0 Å². The van der Waals surface area contributed by atoms with Gasteiger partial charge in [0.25, 0.3) is 0 Å². The number of imidazole rings is 1. The molecule has 2 aromatic rings. The number of nitrogens with one attached hydrogen (secondary N) is 1. The molecule has 0 spiro atoms. The Morgan fingerprint density at radius 1 is 1.45 bits per heavy atom. The molecule has 0 aliphatic heterocycles. The van der Waals surface area contributed by atoms with Crippen LogP contribution in [0, 0.1) is 6.92 Å². The molecule has 1 aromatic carbocycles. The lowest BCUT2D eigenvalue weighted by molar-refractivity contribution is 1.33. The van der Waals surface area contributed by atoms with E-state index in [4.69, 9.17) is 0 Å². The summed E-state index contributed by atoms with van der Waals surface area (Å²) in [7, 11) is 0. The molecule has 56 valence electrons. The maximum Gasteiger partial charge on any atom is 0.0932 e. The minimum Gasteiger partial charge on any atom is -0.345 e. The van der Waals surface area contributed by atoms with Gasteiger partial charge in [-0.25, -0.2) is 4.98 Å². The maximum atomic E-state index is 4.19. The zero-order chi connectivity index (χ0) is 7.84. The van der Waals surface area contributed by atoms with Gasteiger partial charge in [0, 0.05) is 4.47 Å². The third-order valence-electron chi connectivity index (χ3n) is 1.78. The standard InChI is InChI=1S/C8H7BrN2/c1-5-6(9)2-3-7-8(5)11-4-10-7/h2-4H,1H3,(H,10,11). The summed E-state index contributed by atoms with van der Waals surface area (Å²) in [4.78, 5) is 7.25. The van der Waals surface area contributed by atoms with Gasteiger partial charge >= 0.3 is 0 Å². The Kier molecular flexibility index (Phi) is 1.46. The Hall–Kier alpha value is -0.830. The minimum absolute atomic E-state index is 1.04. The van der Waals surface area contributed by atoms with Crippen LogP contribution in [0.3, 0.4) is 0 Å². The van der Waals surface area contributed by atoms with Crippen LogP contribution in [0.15, 0.2) is 22.9 Å². The topological polar surface area (TPSA) is 28.7 Å². The van der Waals surface area contributed by atoms with Crippen molar-refractivity contribution in [2.75, 3.05) is 0 Å². The lowest BCUT2D eigenvalue weighted by Gasteiger charge is -1.96. The van der Waals surface area contributed by atoms with Gasteiger partial charge in [0.15, 0.2) is 0 Å². The van der Waals surface area contributed by atoms with Crippen molar-refractivity contribution in [3.63, 3.8) is 0 Å². The summed E-state index contributed by atoms with van der Waals surface area (Å²) >= 11 is 3.45. The van der Waals surface area contributed by atoms with Crippen LogP contribution in [0.1, 0.15) is 5.56 Å². The average molecular weight is 211 g/mol. The highest BCUT2D eigenvalue weighted by Gasteiger charge is 2.01. The summed E-state index contributed by atoms with van der Waals surface area (Å²) in [6, 6.07) is 4.04. The highest BCUT2D eigenvalue weighted by atomic mass is 79.9. The molecule has 2 nitrogen and oxygen atoms in total. The van der Waals surface area contributed by atoms with Gasteiger partial charge in [-0.3, -0.25) is 0 Å². The number of H-pyrrole nitrogens is 1. The molecule has 11 heavy (non-hydrogen) atoms. The Bertz CT molecular complexity index is 392. The summed E-state index contributed by atoms with van der Waals surface area (Å²) in [5, 5.41) is 0. The Morgan fingerprint density at radius 2 is 2.27 bits per heavy atom. The van der Waals surface area contributed by atoms with E-state index in [-0.39, 0.29) is 0 Å². The van der Waals surface area contributed by atoms with Gasteiger partial charge in [-0.05, 0) is 24.6 Å². The zero-order valence-electron chi connectivity index (χ0n) is 6.06. The highest BCUT2D eigenvalue weighted by Crippen LogP contribution is 2.22. The summed E-state index contributed by atoms with van der Waals surface area (Å²) in [5.41, 5.74) is 3.31. The van der Waals surface area contributed by atoms with Gasteiger partial charge in [0.05, 0.1) is 17.4 Å². The van der Waals surface area contributed by atoms with Gasteiger partial charge < -0.3 is 4.98 Å². The molecule has 0 aliphatic carbocycles. The molecule has 3 heteroatoms. The number of hydrogen-bond donors (Lipinski definition) is 1. The van der Waals surface area contributed by atoms with E-state index >= 15 is 0 Å². The molecule has 2 rings (SSSR count). The van der Waals surface area contributed by atoms with Crippen LogP contribution in [-0.4, -0.2) is 9.97 Å². The molecular formula is C8H7BrN2. The van der Waals surface area contributed by atoms with E-state index in [9.17, 15) is 0 Å². The molecule has 0 saturated heterocycles. The van der Waals surface area contributed by atoms with E-state index in [1.54, 1.807) is 6.33 Å². The van der Waals surface area contributed by atoms with Crippen molar-refractivity contribution in [1.82, 2.24) is 9.97 Å². The molecule has 1 N–H and O–H groups in total. The SMILES string of the molecule is Cc1c(Br)ccc2[nH]cnc12. The quantitative estimate of drug-likeness (QED) is 0.712. The summed E-state index contributed by atoms with van der Waals surface area (Å²) in [6.45, 7) is 2.05. The number of nitrogens with zero attached hydrogens (tertiary/aromatic N) is 1. The van der Waals surface area contributed by atoms with E-state index in [1.165, 1.54) is 5.56 Å². The number of fused-ring (bicyclic) bond motifs is 1. The first-order valence-corrected chi connectivity index (χ1v) is 4.16. The molecule has 0 saturated carbocycles. The first-order valence-electron chi connectivity index (χ1n) is 3.37. The number of benzene rings is 1. The number of aromatic amines is 1. The molecule has 0 atom stereocenters. The third kappa shape index (κ3) is 0.959. The Labute approximate surface area is 72.8 Å². The van der Waals surface area contributed by atoms with Crippen molar-refractivity contribution in [3.8, 4) is 0 Å². The lowest BCUT2D eigenvalue weighted by atomic mass is 10.2. The number of aryl methyl sites for hydroxylation is 1. The molecule has 1 aromatic heterocycles.